The number of anilines is 1. The number of primary amides is 1. The molecule has 0 fully saturated rings. The second-order valence-corrected chi connectivity index (χ2v) is 6.77. The van der Waals surface area contributed by atoms with Crippen molar-refractivity contribution in [2.75, 3.05) is 17.2 Å². The van der Waals surface area contributed by atoms with E-state index in [0.717, 1.165) is 10.0 Å². The van der Waals surface area contributed by atoms with Crippen molar-refractivity contribution in [3.8, 4) is 0 Å². The lowest BCUT2D eigenvalue weighted by molar-refractivity contribution is -0.115. The van der Waals surface area contributed by atoms with Crippen LogP contribution in [0, 0.1) is 5.82 Å². The molecular weight excluding hydrogens is 367 g/mol. The molecule has 6 heteroatoms. The summed E-state index contributed by atoms with van der Waals surface area (Å²) in [5, 5.41) is 0. The highest BCUT2D eigenvalue weighted by Crippen LogP contribution is 2.34. The maximum Gasteiger partial charge on any atom is 0.227 e. The largest absolute Gasteiger partial charge is 0.398 e. The van der Waals surface area contributed by atoms with Crippen molar-refractivity contribution in [2.45, 2.75) is 5.92 Å². The average Bonchev–Trinajstić information content (AvgIpc) is 2.47. The van der Waals surface area contributed by atoms with Crippen LogP contribution in [-0.4, -0.2) is 17.4 Å². The van der Waals surface area contributed by atoms with Crippen molar-refractivity contribution in [2.24, 2.45) is 5.73 Å². The average molecular weight is 383 g/mol. The molecule has 22 heavy (non-hydrogen) atoms. The van der Waals surface area contributed by atoms with Gasteiger partial charge in [-0.3, -0.25) is 4.79 Å². The molecule has 0 bridgehead atoms. The van der Waals surface area contributed by atoms with Gasteiger partial charge in [0, 0.05) is 21.8 Å². The van der Waals surface area contributed by atoms with Gasteiger partial charge in [-0.25, -0.2) is 4.39 Å². The van der Waals surface area contributed by atoms with Gasteiger partial charge in [0.2, 0.25) is 5.91 Å². The molecule has 116 valence electrons. The lowest BCUT2D eigenvalue weighted by Crippen LogP contribution is -2.16. The quantitative estimate of drug-likeness (QED) is 0.750. The second-order valence-electron chi connectivity index (χ2n) is 4.83. The van der Waals surface area contributed by atoms with Crippen LogP contribution in [0.4, 0.5) is 10.1 Å². The molecule has 3 nitrogen and oxygen atoms in total. The summed E-state index contributed by atoms with van der Waals surface area (Å²) >= 11 is 4.79. The molecule has 0 radical (unpaired) electrons. The zero-order valence-corrected chi connectivity index (χ0v) is 14.2. The molecule has 0 saturated carbocycles. The van der Waals surface area contributed by atoms with E-state index in [2.05, 4.69) is 15.9 Å². The number of rotatable bonds is 6. The van der Waals surface area contributed by atoms with Crippen LogP contribution >= 0.6 is 27.7 Å². The Morgan fingerprint density at radius 1 is 1.23 bits per heavy atom. The summed E-state index contributed by atoms with van der Waals surface area (Å²) in [6.45, 7) is 0. The first-order valence-corrected chi connectivity index (χ1v) is 8.59. The predicted octanol–water partition coefficient (Wildman–Crippen LogP) is 3.52. The summed E-state index contributed by atoms with van der Waals surface area (Å²) < 4.78 is 15.1. The van der Waals surface area contributed by atoms with Gasteiger partial charge in [0.1, 0.15) is 5.82 Å². The van der Waals surface area contributed by atoms with Crippen LogP contribution in [0.1, 0.15) is 17.0 Å². The minimum atomic E-state index is -0.389. The van der Waals surface area contributed by atoms with Gasteiger partial charge in [-0.05, 0) is 35.4 Å². The normalized spacial score (nSPS) is 12.1. The molecule has 0 heterocycles. The van der Waals surface area contributed by atoms with Crippen molar-refractivity contribution in [3.05, 3.63) is 63.9 Å². The first-order chi connectivity index (χ1) is 10.5. The standard InChI is InChI=1S/C16H16BrFN2OS/c17-10-5-6-15(19)12(7-10)13(8-22-9-16(20)21)11-3-1-2-4-14(11)18/h1-7,13H,8-9,19H2,(H2,20,21). The van der Waals surface area contributed by atoms with Gasteiger partial charge >= 0.3 is 0 Å². The molecule has 2 aromatic carbocycles. The summed E-state index contributed by atoms with van der Waals surface area (Å²) in [4.78, 5) is 10.9. The van der Waals surface area contributed by atoms with E-state index in [9.17, 15) is 9.18 Å². The van der Waals surface area contributed by atoms with Crippen LogP contribution in [0.3, 0.4) is 0 Å². The van der Waals surface area contributed by atoms with Crippen molar-refractivity contribution < 1.29 is 9.18 Å². The number of halogens is 2. The molecule has 2 rings (SSSR count). The van der Waals surface area contributed by atoms with E-state index >= 15 is 0 Å². The summed E-state index contributed by atoms with van der Waals surface area (Å²) in [6, 6.07) is 12.1. The van der Waals surface area contributed by atoms with E-state index in [1.807, 2.05) is 12.1 Å². The van der Waals surface area contributed by atoms with Crippen molar-refractivity contribution in [1.82, 2.24) is 0 Å². The minimum absolute atomic E-state index is 0.193. The first kappa shape index (κ1) is 16.8. The molecule has 0 spiro atoms. The predicted molar refractivity (Wildman–Crippen MR) is 93.3 cm³/mol. The van der Waals surface area contributed by atoms with E-state index in [1.54, 1.807) is 24.3 Å². The Kier molecular flexibility index (Phi) is 5.85. The van der Waals surface area contributed by atoms with Crippen molar-refractivity contribution >= 4 is 39.3 Å². The number of amides is 1. The van der Waals surface area contributed by atoms with Crippen LogP contribution in [0.5, 0.6) is 0 Å². The van der Waals surface area contributed by atoms with Gasteiger partial charge in [0.25, 0.3) is 0 Å². The number of benzene rings is 2. The molecule has 1 amide bonds. The molecule has 1 atom stereocenters. The maximum atomic E-state index is 14.2. The Morgan fingerprint density at radius 3 is 2.64 bits per heavy atom. The SMILES string of the molecule is NC(=O)CSCC(c1cc(Br)ccc1N)c1ccccc1F. The van der Waals surface area contributed by atoms with Crippen molar-refractivity contribution in [1.29, 1.82) is 0 Å². The molecule has 2 aromatic rings. The highest BCUT2D eigenvalue weighted by molar-refractivity contribution is 9.10. The number of carbonyl (C=O) groups excluding carboxylic acids is 1. The second kappa shape index (κ2) is 7.65. The summed E-state index contributed by atoms with van der Waals surface area (Å²) in [6.07, 6.45) is 0. The lowest BCUT2D eigenvalue weighted by atomic mass is 9.91. The lowest BCUT2D eigenvalue weighted by Gasteiger charge is -2.20. The number of nitrogens with two attached hydrogens (primary N) is 2. The molecule has 1 unspecified atom stereocenters. The Balaban J connectivity index is 2.39. The van der Waals surface area contributed by atoms with Gasteiger partial charge in [0.15, 0.2) is 0 Å². The summed E-state index contributed by atoms with van der Waals surface area (Å²) in [5.74, 6) is -0.210. The third-order valence-corrected chi connectivity index (χ3v) is 4.78. The number of hydrogen-bond donors (Lipinski definition) is 2. The first-order valence-electron chi connectivity index (χ1n) is 6.64. The van der Waals surface area contributed by atoms with Crippen LogP contribution in [0.2, 0.25) is 0 Å². The fourth-order valence-corrected chi connectivity index (χ4v) is 3.52. The van der Waals surface area contributed by atoms with Gasteiger partial charge in [-0.15, -0.1) is 0 Å². The zero-order chi connectivity index (χ0) is 16.1. The number of nitrogen functional groups attached to an aromatic ring is 1. The van der Waals surface area contributed by atoms with E-state index in [4.69, 9.17) is 11.5 Å². The molecular formula is C16H16BrFN2OS. The minimum Gasteiger partial charge on any atom is -0.398 e. The van der Waals surface area contributed by atoms with Crippen LogP contribution in [0.25, 0.3) is 0 Å². The molecule has 0 aliphatic heterocycles. The Labute approximate surface area is 141 Å². The smallest absolute Gasteiger partial charge is 0.227 e. The molecule has 0 aromatic heterocycles. The highest BCUT2D eigenvalue weighted by Gasteiger charge is 2.20. The topological polar surface area (TPSA) is 69.1 Å². The van der Waals surface area contributed by atoms with Gasteiger partial charge in [0.05, 0.1) is 5.75 Å². The van der Waals surface area contributed by atoms with Crippen LogP contribution in [-0.2, 0) is 4.79 Å². The summed E-state index contributed by atoms with van der Waals surface area (Å²) in [7, 11) is 0. The van der Waals surface area contributed by atoms with E-state index in [-0.39, 0.29) is 23.4 Å². The van der Waals surface area contributed by atoms with E-state index in [0.29, 0.717) is 17.0 Å². The highest BCUT2D eigenvalue weighted by atomic mass is 79.9. The molecule has 0 aliphatic carbocycles. The third-order valence-electron chi connectivity index (χ3n) is 3.23. The Hall–Kier alpha value is -1.53. The number of thioether (sulfide) groups is 1. The van der Waals surface area contributed by atoms with Gasteiger partial charge < -0.3 is 11.5 Å². The van der Waals surface area contributed by atoms with Gasteiger partial charge in [-0.1, -0.05) is 34.1 Å². The fraction of sp³-hybridized carbons (Fsp3) is 0.188. The van der Waals surface area contributed by atoms with E-state index < -0.39 is 0 Å². The molecule has 4 N–H and O–H groups in total. The summed E-state index contributed by atoms with van der Waals surface area (Å²) in [5.41, 5.74) is 13.2. The monoisotopic (exact) mass is 382 g/mol. The van der Waals surface area contributed by atoms with Crippen LogP contribution < -0.4 is 11.5 Å². The van der Waals surface area contributed by atoms with Crippen LogP contribution in [0.15, 0.2) is 46.9 Å². The Morgan fingerprint density at radius 2 is 1.95 bits per heavy atom. The molecule has 0 saturated heterocycles. The number of carbonyl (C=O) groups is 1. The Bertz CT molecular complexity index is 681. The zero-order valence-electron chi connectivity index (χ0n) is 11.8. The third kappa shape index (κ3) is 4.24. The maximum absolute atomic E-state index is 14.2. The fourth-order valence-electron chi connectivity index (χ4n) is 2.23. The van der Waals surface area contributed by atoms with E-state index in [1.165, 1.54) is 17.8 Å². The van der Waals surface area contributed by atoms with Gasteiger partial charge in [-0.2, -0.15) is 11.8 Å². The number of hydrogen-bond acceptors (Lipinski definition) is 3. The molecule has 0 aliphatic rings. The van der Waals surface area contributed by atoms with Crippen molar-refractivity contribution in [3.63, 3.8) is 0 Å².